The fourth-order valence-corrected chi connectivity index (χ4v) is 2.62. The molecule has 1 aliphatic heterocycles. The lowest BCUT2D eigenvalue weighted by Crippen LogP contribution is -2.46. The number of hydrogen-bond acceptors (Lipinski definition) is 4. The predicted octanol–water partition coefficient (Wildman–Crippen LogP) is 1.20. The third-order valence-electron chi connectivity index (χ3n) is 3.95. The zero-order chi connectivity index (χ0) is 15.1. The van der Waals surface area contributed by atoms with Gasteiger partial charge in [0.2, 0.25) is 5.91 Å². The average Bonchev–Trinajstić information content (AvgIpc) is 2.54. The Hall–Kier alpha value is -1.43. The highest BCUT2D eigenvalue weighted by atomic mass is 16.5. The third-order valence-corrected chi connectivity index (χ3v) is 3.95. The molecule has 0 aliphatic carbocycles. The molecule has 5 nitrogen and oxygen atoms in total. The zero-order valence-corrected chi connectivity index (χ0v) is 12.5. The molecule has 1 saturated heterocycles. The van der Waals surface area contributed by atoms with E-state index in [9.17, 15) is 4.79 Å². The monoisotopic (exact) mass is 292 g/mol. The van der Waals surface area contributed by atoms with E-state index in [2.05, 4.69) is 5.32 Å². The van der Waals surface area contributed by atoms with Gasteiger partial charge in [-0.25, -0.2) is 0 Å². The van der Waals surface area contributed by atoms with Crippen LogP contribution in [0.2, 0.25) is 0 Å². The van der Waals surface area contributed by atoms with Crippen molar-refractivity contribution in [2.75, 3.05) is 20.3 Å². The number of nitrogens with one attached hydrogen (secondary N) is 1. The second kappa shape index (κ2) is 8.12. The second-order valence-electron chi connectivity index (χ2n) is 5.40. The lowest BCUT2D eigenvalue weighted by molar-refractivity contribution is -0.124. The number of rotatable bonds is 6. The summed E-state index contributed by atoms with van der Waals surface area (Å²) in [4.78, 5) is 12.2. The first-order valence-corrected chi connectivity index (χ1v) is 7.39. The highest BCUT2D eigenvalue weighted by Crippen LogP contribution is 2.18. The van der Waals surface area contributed by atoms with Crippen LogP contribution in [0.4, 0.5) is 0 Å². The molecule has 21 heavy (non-hydrogen) atoms. The molecule has 1 fully saturated rings. The van der Waals surface area contributed by atoms with E-state index < -0.39 is 6.04 Å². The van der Waals surface area contributed by atoms with Gasteiger partial charge in [-0.3, -0.25) is 4.79 Å². The van der Waals surface area contributed by atoms with Gasteiger partial charge in [0.05, 0.1) is 12.6 Å². The largest absolute Gasteiger partial charge is 0.381 e. The Morgan fingerprint density at radius 3 is 2.71 bits per heavy atom. The molecular weight excluding hydrogens is 268 g/mol. The lowest BCUT2D eigenvalue weighted by Gasteiger charge is -2.26. The number of methoxy groups -OCH3 is 1. The fraction of sp³-hybridized carbons (Fsp3) is 0.562. The van der Waals surface area contributed by atoms with E-state index in [0.717, 1.165) is 24.0 Å². The number of carbonyl (C=O) groups excluding carboxylic acids is 1. The number of benzene rings is 1. The Morgan fingerprint density at radius 2 is 2.05 bits per heavy atom. The maximum Gasteiger partial charge on any atom is 0.237 e. The minimum Gasteiger partial charge on any atom is -0.381 e. The summed E-state index contributed by atoms with van der Waals surface area (Å²) in [7, 11) is 1.66. The molecule has 1 aromatic rings. The smallest absolute Gasteiger partial charge is 0.237 e. The summed E-state index contributed by atoms with van der Waals surface area (Å²) in [5.41, 5.74) is 8.21. The van der Waals surface area contributed by atoms with Gasteiger partial charge in [-0.1, -0.05) is 24.3 Å². The van der Waals surface area contributed by atoms with Crippen LogP contribution in [0.1, 0.15) is 24.0 Å². The van der Waals surface area contributed by atoms with Crippen LogP contribution in [0.15, 0.2) is 24.3 Å². The van der Waals surface area contributed by atoms with Gasteiger partial charge in [0, 0.05) is 26.9 Å². The Balaban J connectivity index is 1.88. The zero-order valence-electron chi connectivity index (χ0n) is 12.5. The molecule has 116 valence electrons. The van der Waals surface area contributed by atoms with Crippen LogP contribution in [-0.2, 0) is 27.4 Å². The molecule has 1 amide bonds. The molecule has 0 radical (unpaired) electrons. The summed E-state index contributed by atoms with van der Waals surface area (Å²) in [5, 5.41) is 2.93. The van der Waals surface area contributed by atoms with Crippen molar-refractivity contribution in [1.82, 2.24) is 5.32 Å². The maximum atomic E-state index is 12.2. The average molecular weight is 292 g/mol. The van der Waals surface area contributed by atoms with E-state index in [1.165, 1.54) is 0 Å². The van der Waals surface area contributed by atoms with Crippen molar-refractivity contribution >= 4 is 5.91 Å². The topological polar surface area (TPSA) is 73.6 Å². The van der Waals surface area contributed by atoms with Gasteiger partial charge in [0.15, 0.2) is 0 Å². The van der Waals surface area contributed by atoms with Crippen molar-refractivity contribution in [3.05, 3.63) is 35.4 Å². The minimum atomic E-state index is -0.455. The first-order valence-electron chi connectivity index (χ1n) is 7.39. The second-order valence-corrected chi connectivity index (χ2v) is 5.40. The maximum absolute atomic E-state index is 12.2. The van der Waals surface area contributed by atoms with Gasteiger partial charge in [-0.2, -0.15) is 0 Å². The molecule has 0 saturated carbocycles. The predicted molar refractivity (Wildman–Crippen MR) is 80.5 cm³/mol. The van der Waals surface area contributed by atoms with Crippen LogP contribution in [0.25, 0.3) is 0 Å². The van der Waals surface area contributed by atoms with Crippen LogP contribution < -0.4 is 11.1 Å². The molecule has 1 heterocycles. The Labute approximate surface area is 125 Å². The van der Waals surface area contributed by atoms with Crippen LogP contribution in [0, 0.1) is 5.92 Å². The van der Waals surface area contributed by atoms with Crippen molar-refractivity contribution in [3.8, 4) is 0 Å². The third kappa shape index (κ3) is 4.52. The van der Waals surface area contributed by atoms with Gasteiger partial charge in [0.1, 0.15) is 0 Å². The summed E-state index contributed by atoms with van der Waals surface area (Å²) in [6.07, 6.45) is 1.71. The Kier molecular flexibility index (Phi) is 6.17. The van der Waals surface area contributed by atoms with Crippen molar-refractivity contribution < 1.29 is 14.3 Å². The SMILES string of the molecule is COCc1ccccc1CNC(=O)C(N)C1CCOCC1. The number of ether oxygens (including phenoxy) is 2. The highest BCUT2D eigenvalue weighted by Gasteiger charge is 2.26. The summed E-state index contributed by atoms with van der Waals surface area (Å²) >= 11 is 0. The summed E-state index contributed by atoms with van der Waals surface area (Å²) < 4.78 is 10.5. The van der Waals surface area contributed by atoms with Crippen molar-refractivity contribution in [3.63, 3.8) is 0 Å². The van der Waals surface area contributed by atoms with Crippen molar-refractivity contribution in [2.24, 2.45) is 11.7 Å². The summed E-state index contributed by atoms with van der Waals surface area (Å²) in [6.45, 7) is 2.41. The van der Waals surface area contributed by atoms with Crippen LogP contribution in [-0.4, -0.2) is 32.3 Å². The van der Waals surface area contributed by atoms with Gasteiger partial charge in [-0.15, -0.1) is 0 Å². The normalized spacial score (nSPS) is 17.4. The minimum absolute atomic E-state index is 0.0888. The first kappa shape index (κ1) is 15.9. The molecule has 0 aromatic heterocycles. The highest BCUT2D eigenvalue weighted by molar-refractivity contribution is 5.81. The molecule has 1 aliphatic rings. The van der Waals surface area contributed by atoms with E-state index in [1.54, 1.807) is 7.11 Å². The molecule has 5 heteroatoms. The first-order chi connectivity index (χ1) is 10.2. The van der Waals surface area contributed by atoms with Gasteiger partial charge in [-0.05, 0) is 29.9 Å². The summed E-state index contributed by atoms with van der Waals surface area (Å²) in [5.74, 6) is 0.127. The van der Waals surface area contributed by atoms with E-state index in [1.807, 2.05) is 24.3 Å². The number of carbonyl (C=O) groups is 1. The van der Waals surface area contributed by atoms with Crippen LogP contribution >= 0.6 is 0 Å². The van der Waals surface area contributed by atoms with Gasteiger partial charge < -0.3 is 20.5 Å². The van der Waals surface area contributed by atoms with E-state index in [-0.39, 0.29) is 11.8 Å². The van der Waals surface area contributed by atoms with Gasteiger partial charge >= 0.3 is 0 Å². The quantitative estimate of drug-likeness (QED) is 0.826. The number of amides is 1. The summed E-state index contributed by atoms with van der Waals surface area (Å²) in [6, 6.07) is 7.47. The van der Waals surface area contributed by atoms with E-state index in [0.29, 0.717) is 26.4 Å². The molecular formula is C16H24N2O3. The van der Waals surface area contributed by atoms with Gasteiger partial charge in [0.25, 0.3) is 0 Å². The molecule has 2 rings (SSSR count). The molecule has 1 unspecified atom stereocenters. The fourth-order valence-electron chi connectivity index (χ4n) is 2.62. The Bertz CT molecular complexity index is 459. The Morgan fingerprint density at radius 1 is 1.38 bits per heavy atom. The molecule has 3 N–H and O–H groups in total. The van der Waals surface area contributed by atoms with Crippen LogP contribution in [0.3, 0.4) is 0 Å². The molecule has 1 atom stereocenters. The number of nitrogens with two attached hydrogens (primary N) is 1. The van der Waals surface area contributed by atoms with E-state index >= 15 is 0 Å². The number of hydrogen-bond donors (Lipinski definition) is 2. The standard InChI is InChI=1S/C16H24N2O3/c1-20-11-14-5-3-2-4-13(14)10-18-16(19)15(17)12-6-8-21-9-7-12/h2-5,12,15H,6-11,17H2,1H3,(H,18,19). The van der Waals surface area contributed by atoms with E-state index in [4.69, 9.17) is 15.2 Å². The molecule has 1 aromatic carbocycles. The van der Waals surface area contributed by atoms with Crippen molar-refractivity contribution in [1.29, 1.82) is 0 Å². The molecule has 0 spiro atoms. The molecule has 0 bridgehead atoms. The van der Waals surface area contributed by atoms with Crippen molar-refractivity contribution in [2.45, 2.75) is 32.0 Å². The van der Waals surface area contributed by atoms with Crippen LogP contribution in [0.5, 0.6) is 0 Å². The lowest BCUT2D eigenvalue weighted by atomic mass is 9.92.